The minimum Gasteiger partial charge on any atom is -0.462 e. The monoisotopic (exact) mass is 647 g/mol. The molecule has 240 valence electrons. The number of halogens is 2. The summed E-state index contributed by atoms with van der Waals surface area (Å²) in [6, 6.07) is 7.53. The molecule has 2 saturated heterocycles. The fraction of sp³-hybridized carbons (Fsp3) is 0.394. The Morgan fingerprint density at radius 1 is 1.22 bits per heavy atom. The number of hydrogen-bond acceptors (Lipinski definition) is 10. The van der Waals surface area contributed by atoms with Gasteiger partial charge in [0.05, 0.1) is 34.5 Å². The van der Waals surface area contributed by atoms with Gasteiger partial charge in [0.25, 0.3) is 0 Å². The van der Waals surface area contributed by atoms with Crippen molar-refractivity contribution in [1.29, 1.82) is 5.26 Å². The fourth-order valence-electron chi connectivity index (χ4n) is 6.75. The number of benzene rings is 2. The molecule has 0 aliphatic carbocycles. The Hall–Kier alpha value is -4.38. The van der Waals surface area contributed by atoms with Crippen LogP contribution in [0.1, 0.15) is 24.8 Å². The zero-order valence-electron chi connectivity index (χ0n) is 25.9. The Morgan fingerprint density at radius 2 is 2.02 bits per heavy atom. The largest absolute Gasteiger partial charge is 0.462 e. The van der Waals surface area contributed by atoms with Crippen molar-refractivity contribution in [3.05, 3.63) is 54.1 Å². The van der Waals surface area contributed by atoms with E-state index in [1.165, 1.54) is 24.3 Å². The van der Waals surface area contributed by atoms with Crippen LogP contribution >= 0.6 is 11.3 Å². The van der Waals surface area contributed by atoms with Crippen molar-refractivity contribution in [3.63, 3.8) is 0 Å². The van der Waals surface area contributed by atoms with E-state index in [0.717, 1.165) is 30.7 Å². The highest BCUT2D eigenvalue weighted by atomic mass is 32.1. The number of ether oxygens (including phenoxy) is 2. The number of aromatic nitrogens is 2. The molecule has 2 aliphatic rings. The summed E-state index contributed by atoms with van der Waals surface area (Å²) in [4.78, 5) is 28.1. The third-order valence-corrected chi connectivity index (χ3v) is 10.2. The molecule has 2 aromatic heterocycles. The average molecular weight is 648 g/mol. The van der Waals surface area contributed by atoms with E-state index < -0.39 is 11.6 Å². The van der Waals surface area contributed by atoms with Crippen molar-refractivity contribution in [1.82, 2.24) is 19.8 Å². The first-order chi connectivity index (χ1) is 22.2. The highest BCUT2D eigenvalue weighted by Crippen LogP contribution is 2.43. The summed E-state index contributed by atoms with van der Waals surface area (Å²) in [5, 5.41) is 10.7. The van der Waals surface area contributed by atoms with Crippen molar-refractivity contribution in [2.45, 2.75) is 37.4 Å². The average Bonchev–Trinajstić information content (AvgIpc) is 3.75. The fourth-order valence-corrected chi connectivity index (χ4v) is 7.70. The van der Waals surface area contributed by atoms with Crippen LogP contribution in [0.15, 0.2) is 36.9 Å². The third-order valence-electron chi connectivity index (χ3n) is 9.18. The normalized spacial score (nSPS) is 20.0. The molecule has 4 aromatic rings. The number of nitrogens with two attached hydrogens (primary N) is 1. The van der Waals surface area contributed by atoms with Crippen LogP contribution < -0.4 is 15.4 Å². The van der Waals surface area contributed by atoms with Crippen LogP contribution in [0.4, 0.5) is 19.6 Å². The van der Waals surface area contributed by atoms with E-state index in [-0.39, 0.29) is 56.3 Å². The number of carbonyl (C=O) groups is 1. The number of nitrogens with zero attached hydrogens (tertiary/aromatic N) is 6. The van der Waals surface area contributed by atoms with E-state index in [1.807, 2.05) is 18.0 Å². The lowest BCUT2D eigenvalue weighted by Gasteiger charge is -2.33. The summed E-state index contributed by atoms with van der Waals surface area (Å²) in [6.45, 7) is 5.80. The number of carbonyl (C=O) groups excluding carboxylic acids is 1. The van der Waals surface area contributed by atoms with Crippen molar-refractivity contribution >= 4 is 49.1 Å². The molecule has 6 rings (SSSR count). The Balaban J connectivity index is 1.49. The number of amides is 1. The number of rotatable bonds is 9. The van der Waals surface area contributed by atoms with Gasteiger partial charge in [-0.05, 0) is 62.7 Å². The van der Waals surface area contributed by atoms with Gasteiger partial charge in [0.15, 0.2) is 0 Å². The van der Waals surface area contributed by atoms with Gasteiger partial charge in [-0.25, -0.2) is 8.78 Å². The first kappa shape index (κ1) is 31.6. The van der Waals surface area contributed by atoms with Crippen LogP contribution in [-0.4, -0.2) is 91.3 Å². The van der Waals surface area contributed by atoms with E-state index in [1.54, 1.807) is 18.1 Å². The second-order valence-electron chi connectivity index (χ2n) is 11.7. The van der Waals surface area contributed by atoms with Gasteiger partial charge in [0.1, 0.15) is 35.1 Å². The SMILES string of the molecule is C=CC(=O)N1CCC(N(C)c2nc(OC[C@@H]3CCCN3C)nc3cc(-c4ccc(F)c5sc(N)c(C#N)c45)c(F)cc23)C1COC. The molecular formula is C33H35F2N7O3S. The lowest BCUT2D eigenvalue weighted by atomic mass is 9.97. The summed E-state index contributed by atoms with van der Waals surface area (Å²) in [5.74, 6) is -0.895. The van der Waals surface area contributed by atoms with E-state index in [4.69, 9.17) is 25.2 Å². The zero-order valence-corrected chi connectivity index (χ0v) is 26.7. The minimum absolute atomic E-state index is 0.103. The Bertz CT molecular complexity index is 1880. The van der Waals surface area contributed by atoms with Crippen LogP contribution in [-0.2, 0) is 9.53 Å². The van der Waals surface area contributed by atoms with Crippen molar-refractivity contribution < 1.29 is 23.0 Å². The first-order valence-corrected chi connectivity index (χ1v) is 15.9. The topological polar surface area (TPSA) is 121 Å². The smallest absolute Gasteiger partial charge is 0.319 e. The van der Waals surface area contributed by atoms with Gasteiger partial charge in [-0.3, -0.25) is 4.79 Å². The highest BCUT2D eigenvalue weighted by Gasteiger charge is 2.39. The predicted octanol–water partition coefficient (Wildman–Crippen LogP) is 4.95. The summed E-state index contributed by atoms with van der Waals surface area (Å²) >= 11 is 0.955. The zero-order chi connectivity index (χ0) is 32.7. The molecular weight excluding hydrogens is 612 g/mol. The standard InChI is InChI=1S/C33H35F2N7O3S/c1-5-28(43)42-12-10-26(27(42)17-44-4)41(3)32-21-13-24(35)20(19-8-9-23(34)30-29(19)22(15-36)31(37)46-30)14-25(21)38-33(39-32)45-16-18-7-6-11-40(18)2/h5,8-9,13-14,18,26-27H,1,6-7,10-12,16-17,37H2,2-4H3/t18-,26?,27?/m0/s1. The maximum atomic E-state index is 16.2. The number of thiophene rings is 1. The van der Waals surface area contributed by atoms with Gasteiger partial charge in [-0.2, -0.15) is 15.2 Å². The third kappa shape index (κ3) is 5.50. The van der Waals surface area contributed by atoms with Gasteiger partial charge in [0.2, 0.25) is 5.91 Å². The van der Waals surface area contributed by atoms with Crippen LogP contribution in [0.25, 0.3) is 32.1 Å². The Morgan fingerprint density at radius 3 is 2.72 bits per heavy atom. The highest BCUT2D eigenvalue weighted by molar-refractivity contribution is 7.23. The molecule has 2 fully saturated rings. The quantitative estimate of drug-likeness (QED) is 0.252. The number of fused-ring (bicyclic) bond motifs is 2. The number of anilines is 2. The summed E-state index contributed by atoms with van der Waals surface area (Å²) < 4.78 is 42.9. The molecule has 0 spiro atoms. The molecule has 0 saturated carbocycles. The van der Waals surface area contributed by atoms with Crippen LogP contribution in [0.5, 0.6) is 6.01 Å². The van der Waals surface area contributed by atoms with Gasteiger partial charge in [-0.15, -0.1) is 11.3 Å². The second kappa shape index (κ2) is 12.8. The number of nitriles is 1. The first-order valence-electron chi connectivity index (χ1n) is 15.1. The molecule has 46 heavy (non-hydrogen) atoms. The lowest BCUT2D eigenvalue weighted by molar-refractivity contribution is -0.127. The van der Waals surface area contributed by atoms with Crippen LogP contribution in [0.2, 0.25) is 0 Å². The minimum atomic E-state index is -0.600. The van der Waals surface area contributed by atoms with E-state index in [0.29, 0.717) is 48.5 Å². The Labute approximate surface area is 269 Å². The van der Waals surface area contributed by atoms with Crippen LogP contribution in [0.3, 0.4) is 0 Å². The van der Waals surface area contributed by atoms with Crippen LogP contribution in [0, 0.1) is 23.0 Å². The Kier molecular flexibility index (Phi) is 8.78. The molecule has 3 atom stereocenters. The van der Waals surface area contributed by atoms with E-state index in [9.17, 15) is 14.4 Å². The maximum absolute atomic E-state index is 16.2. The summed E-state index contributed by atoms with van der Waals surface area (Å²) in [7, 11) is 5.49. The maximum Gasteiger partial charge on any atom is 0.319 e. The van der Waals surface area contributed by atoms with E-state index in [2.05, 4.69) is 18.5 Å². The summed E-state index contributed by atoms with van der Waals surface area (Å²) in [6.07, 6.45) is 3.99. The number of likely N-dealkylation sites (tertiary alicyclic amines) is 2. The van der Waals surface area contributed by atoms with Crippen molar-refractivity contribution in [2.75, 3.05) is 58.1 Å². The molecule has 2 aromatic carbocycles. The van der Waals surface area contributed by atoms with Crippen molar-refractivity contribution in [3.8, 4) is 23.2 Å². The number of nitrogen functional groups attached to an aromatic ring is 1. The van der Waals surface area contributed by atoms with Gasteiger partial charge in [-0.1, -0.05) is 12.6 Å². The number of likely N-dealkylation sites (N-methyl/N-ethyl adjacent to an activating group) is 2. The molecule has 13 heteroatoms. The molecule has 2 unspecified atom stereocenters. The lowest BCUT2D eigenvalue weighted by Crippen LogP contribution is -2.48. The molecule has 2 N–H and O–H groups in total. The predicted molar refractivity (Wildman–Crippen MR) is 175 cm³/mol. The van der Waals surface area contributed by atoms with Gasteiger partial charge in [0, 0.05) is 43.1 Å². The second-order valence-corrected chi connectivity index (χ2v) is 12.8. The number of methoxy groups -OCH3 is 1. The summed E-state index contributed by atoms with van der Waals surface area (Å²) in [5.41, 5.74) is 7.04. The molecule has 1 amide bonds. The molecule has 2 aliphatic heterocycles. The molecule has 0 radical (unpaired) electrons. The molecule has 4 heterocycles. The molecule has 0 bridgehead atoms. The van der Waals surface area contributed by atoms with Gasteiger partial charge >= 0.3 is 6.01 Å². The van der Waals surface area contributed by atoms with Gasteiger partial charge < -0.3 is 29.9 Å². The number of hydrogen-bond donors (Lipinski definition) is 1. The van der Waals surface area contributed by atoms with E-state index >= 15 is 4.39 Å². The molecule has 10 nitrogen and oxygen atoms in total. The van der Waals surface area contributed by atoms with Crippen molar-refractivity contribution in [2.24, 2.45) is 0 Å².